The van der Waals surface area contributed by atoms with E-state index in [1.165, 1.54) is 0 Å². The summed E-state index contributed by atoms with van der Waals surface area (Å²) in [6.07, 6.45) is 2.80. The molecule has 0 saturated heterocycles. The average Bonchev–Trinajstić information content (AvgIpc) is 2.93. The molecule has 0 aliphatic heterocycles. The van der Waals surface area contributed by atoms with Crippen molar-refractivity contribution in [3.63, 3.8) is 0 Å². The van der Waals surface area contributed by atoms with Gasteiger partial charge in [0.1, 0.15) is 0 Å². The van der Waals surface area contributed by atoms with Gasteiger partial charge >= 0.3 is 0 Å². The second-order valence-corrected chi connectivity index (χ2v) is 3.99. The standard InChI is InChI=1S/C12H13N3O2/c1-8-5-7-16-10(8)11-14-12(17-15-11)9(2)4-3-6-13/h5,7,9H,3-4H2,1-2H3. The van der Waals surface area contributed by atoms with Crippen LogP contribution in [0.4, 0.5) is 0 Å². The van der Waals surface area contributed by atoms with Crippen LogP contribution in [0, 0.1) is 18.3 Å². The summed E-state index contributed by atoms with van der Waals surface area (Å²) >= 11 is 0. The lowest BCUT2D eigenvalue weighted by atomic mass is 10.1. The second kappa shape index (κ2) is 4.83. The van der Waals surface area contributed by atoms with Crippen LogP contribution in [0.2, 0.25) is 0 Å². The monoisotopic (exact) mass is 231 g/mol. The highest BCUT2D eigenvalue weighted by Crippen LogP contribution is 2.25. The van der Waals surface area contributed by atoms with Crippen LogP contribution in [-0.4, -0.2) is 10.1 Å². The summed E-state index contributed by atoms with van der Waals surface area (Å²) in [5, 5.41) is 12.4. The van der Waals surface area contributed by atoms with Crippen LogP contribution in [0.25, 0.3) is 11.6 Å². The number of aryl methyl sites for hydroxylation is 1. The highest BCUT2D eigenvalue weighted by molar-refractivity contribution is 5.51. The summed E-state index contributed by atoms with van der Waals surface area (Å²) in [5.74, 6) is 1.73. The molecule has 0 aliphatic rings. The average molecular weight is 231 g/mol. The van der Waals surface area contributed by atoms with Crippen LogP contribution < -0.4 is 0 Å². The van der Waals surface area contributed by atoms with Crippen LogP contribution in [0.3, 0.4) is 0 Å². The van der Waals surface area contributed by atoms with Crippen LogP contribution in [0.1, 0.15) is 37.1 Å². The number of furan rings is 1. The molecule has 0 N–H and O–H groups in total. The molecule has 2 rings (SSSR count). The second-order valence-electron chi connectivity index (χ2n) is 3.99. The molecule has 0 aromatic carbocycles. The minimum absolute atomic E-state index is 0.0890. The third-order valence-electron chi connectivity index (χ3n) is 2.62. The summed E-state index contributed by atoms with van der Waals surface area (Å²) in [4.78, 5) is 4.29. The van der Waals surface area contributed by atoms with Crippen molar-refractivity contribution in [3.05, 3.63) is 23.8 Å². The van der Waals surface area contributed by atoms with E-state index in [2.05, 4.69) is 16.2 Å². The summed E-state index contributed by atoms with van der Waals surface area (Å²) in [5.41, 5.74) is 0.974. The van der Waals surface area contributed by atoms with Crippen molar-refractivity contribution in [1.29, 1.82) is 5.26 Å². The van der Waals surface area contributed by atoms with Crippen LogP contribution >= 0.6 is 0 Å². The highest BCUT2D eigenvalue weighted by atomic mass is 16.5. The maximum atomic E-state index is 8.52. The number of rotatable bonds is 4. The number of hydrogen-bond acceptors (Lipinski definition) is 5. The Morgan fingerprint density at radius 1 is 1.53 bits per heavy atom. The topological polar surface area (TPSA) is 75.8 Å². The predicted molar refractivity (Wildman–Crippen MR) is 60.0 cm³/mol. The van der Waals surface area contributed by atoms with Gasteiger partial charge in [0.2, 0.25) is 11.7 Å². The first-order valence-electron chi connectivity index (χ1n) is 5.47. The molecule has 2 heterocycles. The largest absolute Gasteiger partial charge is 0.461 e. The lowest BCUT2D eigenvalue weighted by molar-refractivity contribution is 0.354. The van der Waals surface area contributed by atoms with E-state index in [4.69, 9.17) is 14.2 Å². The van der Waals surface area contributed by atoms with Gasteiger partial charge in [0.15, 0.2) is 5.76 Å². The molecule has 0 radical (unpaired) electrons. The van der Waals surface area contributed by atoms with Gasteiger partial charge in [-0.1, -0.05) is 12.1 Å². The van der Waals surface area contributed by atoms with Crippen molar-refractivity contribution >= 4 is 0 Å². The molecule has 1 atom stereocenters. The lowest BCUT2D eigenvalue weighted by Crippen LogP contribution is -1.93. The van der Waals surface area contributed by atoms with E-state index in [9.17, 15) is 0 Å². The Labute approximate surface area is 99.1 Å². The summed E-state index contributed by atoms with van der Waals surface area (Å²) in [6, 6.07) is 3.96. The molecule has 0 fully saturated rings. The van der Waals surface area contributed by atoms with E-state index >= 15 is 0 Å². The smallest absolute Gasteiger partial charge is 0.238 e. The van der Waals surface area contributed by atoms with Gasteiger partial charge in [0.25, 0.3) is 0 Å². The van der Waals surface area contributed by atoms with Crippen molar-refractivity contribution < 1.29 is 8.94 Å². The predicted octanol–water partition coefficient (Wildman–Crippen LogP) is 3.05. The molecule has 1 unspecified atom stereocenters. The van der Waals surface area contributed by atoms with Gasteiger partial charge in [-0.25, -0.2) is 0 Å². The van der Waals surface area contributed by atoms with Gasteiger partial charge in [-0.05, 0) is 25.0 Å². The van der Waals surface area contributed by atoms with E-state index in [0.29, 0.717) is 23.9 Å². The quantitative estimate of drug-likeness (QED) is 0.808. The maximum Gasteiger partial charge on any atom is 0.238 e. The Hall–Kier alpha value is -2.09. The minimum atomic E-state index is 0.0890. The van der Waals surface area contributed by atoms with Crippen molar-refractivity contribution in [2.24, 2.45) is 0 Å². The summed E-state index contributed by atoms with van der Waals surface area (Å²) in [7, 11) is 0. The van der Waals surface area contributed by atoms with Crippen LogP contribution in [0.15, 0.2) is 21.3 Å². The normalized spacial score (nSPS) is 12.3. The molecule has 0 amide bonds. The van der Waals surface area contributed by atoms with Crippen molar-refractivity contribution in [1.82, 2.24) is 10.1 Å². The molecule has 2 aromatic rings. The summed E-state index contributed by atoms with van der Waals surface area (Å²) < 4.78 is 10.5. The van der Waals surface area contributed by atoms with Crippen LogP contribution in [0.5, 0.6) is 0 Å². The zero-order chi connectivity index (χ0) is 12.3. The Balaban J connectivity index is 2.17. The maximum absolute atomic E-state index is 8.52. The lowest BCUT2D eigenvalue weighted by Gasteiger charge is -2.00. The van der Waals surface area contributed by atoms with E-state index < -0.39 is 0 Å². The molecule has 0 spiro atoms. The van der Waals surface area contributed by atoms with Crippen LogP contribution in [-0.2, 0) is 0 Å². The fraction of sp³-hybridized carbons (Fsp3) is 0.417. The number of aromatic nitrogens is 2. The molecule has 0 saturated carbocycles. The van der Waals surface area contributed by atoms with E-state index in [-0.39, 0.29) is 5.92 Å². The van der Waals surface area contributed by atoms with E-state index in [1.54, 1.807) is 6.26 Å². The fourth-order valence-corrected chi connectivity index (χ4v) is 1.53. The third-order valence-corrected chi connectivity index (χ3v) is 2.62. The van der Waals surface area contributed by atoms with Crippen molar-refractivity contribution in [2.45, 2.75) is 32.6 Å². The molecular formula is C12H13N3O2. The molecule has 17 heavy (non-hydrogen) atoms. The molecule has 2 aromatic heterocycles. The van der Waals surface area contributed by atoms with Gasteiger partial charge in [-0.3, -0.25) is 0 Å². The van der Waals surface area contributed by atoms with Crippen molar-refractivity contribution in [2.75, 3.05) is 0 Å². The van der Waals surface area contributed by atoms with E-state index in [0.717, 1.165) is 12.0 Å². The SMILES string of the molecule is Cc1ccoc1-c1noc(C(C)CCC#N)n1. The molecule has 0 aliphatic carbocycles. The molecule has 0 bridgehead atoms. The molecular weight excluding hydrogens is 218 g/mol. The third kappa shape index (κ3) is 2.36. The minimum Gasteiger partial charge on any atom is -0.461 e. The van der Waals surface area contributed by atoms with Gasteiger partial charge in [-0.2, -0.15) is 10.2 Å². The van der Waals surface area contributed by atoms with Gasteiger partial charge in [-0.15, -0.1) is 0 Å². The Kier molecular flexibility index (Phi) is 3.24. The number of nitriles is 1. The summed E-state index contributed by atoms with van der Waals surface area (Å²) in [6.45, 7) is 3.89. The Bertz CT molecular complexity index is 536. The highest BCUT2D eigenvalue weighted by Gasteiger charge is 2.17. The Morgan fingerprint density at radius 2 is 2.35 bits per heavy atom. The number of hydrogen-bond donors (Lipinski definition) is 0. The Morgan fingerprint density at radius 3 is 3.00 bits per heavy atom. The van der Waals surface area contributed by atoms with E-state index in [1.807, 2.05) is 19.9 Å². The van der Waals surface area contributed by atoms with Gasteiger partial charge in [0, 0.05) is 12.3 Å². The van der Waals surface area contributed by atoms with Gasteiger partial charge in [0.05, 0.1) is 12.3 Å². The first-order chi connectivity index (χ1) is 8.22. The van der Waals surface area contributed by atoms with Gasteiger partial charge < -0.3 is 8.94 Å². The number of nitrogens with zero attached hydrogens (tertiary/aromatic N) is 3. The molecule has 5 nitrogen and oxygen atoms in total. The molecule has 88 valence electrons. The fourth-order valence-electron chi connectivity index (χ4n) is 1.53. The van der Waals surface area contributed by atoms with Crippen molar-refractivity contribution in [3.8, 4) is 17.7 Å². The molecule has 5 heteroatoms. The zero-order valence-corrected chi connectivity index (χ0v) is 9.80. The zero-order valence-electron chi connectivity index (χ0n) is 9.80. The first-order valence-corrected chi connectivity index (χ1v) is 5.47. The first kappa shape index (κ1) is 11.4.